The van der Waals surface area contributed by atoms with Gasteiger partial charge in [0, 0.05) is 48.6 Å². The van der Waals surface area contributed by atoms with E-state index in [-0.39, 0.29) is 5.91 Å². The Hall–Kier alpha value is -2.44. The zero-order valence-electron chi connectivity index (χ0n) is 16.4. The lowest BCUT2D eigenvalue weighted by molar-refractivity contribution is 0.0946. The molecule has 0 radical (unpaired) electrons. The zero-order chi connectivity index (χ0) is 19.5. The van der Waals surface area contributed by atoms with Gasteiger partial charge in [-0.25, -0.2) is 0 Å². The van der Waals surface area contributed by atoms with Crippen molar-refractivity contribution in [3.8, 4) is 0 Å². The summed E-state index contributed by atoms with van der Waals surface area (Å²) in [4.78, 5) is 21.1. The second-order valence-corrected chi connectivity index (χ2v) is 8.34. The molecule has 0 saturated carbocycles. The molecule has 5 nitrogen and oxygen atoms in total. The Morgan fingerprint density at radius 3 is 3.00 bits per heavy atom. The molecule has 0 aromatic carbocycles. The molecular formula is C22H26N4OS. The van der Waals surface area contributed by atoms with Crippen molar-refractivity contribution in [2.45, 2.75) is 33.4 Å². The lowest BCUT2D eigenvalue weighted by atomic mass is 10.1. The van der Waals surface area contributed by atoms with E-state index in [1.807, 2.05) is 49.4 Å². The Morgan fingerprint density at radius 2 is 2.18 bits per heavy atom. The van der Waals surface area contributed by atoms with Gasteiger partial charge < -0.3 is 9.88 Å². The molecule has 0 bridgehead atoms. The number of carbonyl (C=O) groups is 1. The van der Waals surface area contributed by atoms with Crippen molar-refractivity contribution in [3.63, 3.8) is 0 Å². The van der Waals surface area contributed by atoms with Crippen LogP contribution in [0.5, 0.6) is 0 Å². The first-order valence-electron chi connectivity index (χ1n) is 9.74. The molecule has 4 heterocycles. The Labute approximate surface area is 170 Å². The van der Waals surface area contributed by atoms with Crippen molar-refractivity contribution in [3.05, 3.63) is 75.0 Å². The minimum absolute atomic E-state index is 0.00797. The molecule has 3 aromatic heterocycles. The van der Waals surface area contributed by atoms with Gasteiger partial charge in [0.2, 0.25) is 0 Å². The number of aryl methyl sites for hydroxylation is 1. The van der Waals surface area contributed by atoms with Gasteiger partial charge in [0.1, 0.15) is 0 Å². The molecule has 1 amide bonds. The van der Waals surface area contributed by atoms with Crippen LogP contribution in [-0.4, -0.2) is 40.0 Å². The van der Waals surface area contributed by atoms with Crippen LogP contribution in [0.15, 0.2) is 41.9 Å². The van der Waals surface area contributed by atoms with E-state index >= 15 is 0 Å². The van der Waals surface area contributed by atoms with Gasteiger partial charge in [0.05, 0.1) is 17.8 Å². The SMILES string of the molecule is Cc1cc(C(=O)NCCN2CCc3sccc3C2)c(C)n1Cc1ccccn1. The topological polar surface area (TPSA) is 50.2 Å². The van der Waals surface area contributed by atoms with Crippen molar-refractivity contribution in [2.24, 2.45) is 0 Å². The number of fused-ring (bicyclic) bond motifs is 1. The third kappa shape index (κ3) is 4.03. The molecule has 0 spiro atoms. The molecule has 1 N–H and O–H groups in total. The molecule has 6 heteroatoms. The van der Waals surface area contributed by atoms with Crippen molar-refractivity contribution in [1.29, 1.82) is 0 Å². The fraction of sp³-hybridized carbons (Fsp3) is 0.364. The van der Waals surface area contributed by atoms with Crippen LogP contribution >= 0.6 is 11.3 Å². The van der Waals surface area contributed by atoms with Crippen molar-refractivity contribution >= 4 is 17.2 Å². The van der Waals surface area contributed by atoms with Gasteiger partial charge in [0.15, 0.2) is 0 Å². The summed E-state index contributed by atoms with van der Waals surface area (Å²) in [7, 11) is 0. The summed E-state index contributed by atoms with van der Waals surface area (Å²) < 4.78 is 2.15. The lowest BCUT2D eigenvalue weighted by Crippen LogP contribution is -2.37. The summed E-state index contributed by atoms with van der Waals surface area (Å²) in [6.07, 6.45) is 2.92. The number of amides is 1. The lowest BCUT2D eigenvalue weighted by Gasteiger charge is -2.26. The van der Waals surface area contributed by atoms with Crippen LogP contribution in [-0.2, 0) is 19.5 Å². The predicted molar refractivity (Wildman–Crippen MR) is 113 cm³/mol. The first-order valence-corrected chi connectivity index (χ1v) is 10.6. The van der Waals surface area contributed by atoms with Crippen molar-refractivity contribution in [2.75, 3.05) is 19.6 Å². The largest absolute Gasteiger partial charge is 0.351 e. The highest BCUT2D eigenvalue weighted by Crippen LogP contribution is 2.23. The Balaban J connectivity index is 1.34. The molecule has 28 heavy (non-hydrogen) atoms. The van der Waals surface area contributed by atoms with E-state index in [1.165, 1.54) is 10.4 Å². The normalized spacial score (nSPS) is 14.1. The highest BCUT2D eigenvalue weighted by Gasteiger charge is 2.18. The molecule has 0 unspecified atom stereocenters. The van der Waals surface area contributed by atoms with Crippen LogP contribution in [0.4, 0.5) is 0 Å². The third-order valence-corrected chi connectivity index (χ3v) is 6.49. The van der Waals surface area contributed by atoms with E-state index in [0.717, 1.165) is 48.7 Å². The second-order valence-electron chi connectivity index (χ2n) is 7.34. The average molecular weight is 395 g/mol. The minimum atomic E-state index is 0.00797. The van der Waals surface area contributed by atoms with Gasteiger partial charge in [-0.15, -0.1) is 11.3 Å². The maximum atomic E-state index is 12.7. The predicted octanol–water partition coefficient (Wildman–Crippen LogP) is 3.40. The summed E-state index contributed by atoms with van der Waals surface area (Å²) in [5.41, 5.74) is 5.26. The van der Waals surface area contributed by atoms with Gasteiger partial charge in [-0.05, 0) is 55.5 Å². The Morgan fingerprint density at radius 1 is 1.29 bits per heavy atom. The number of hydrogen-bond donors (Lipinski definition) is 1. The summed E-state index contributed by atoms with van der Waals surface area (Å²) in [6.45, 7) is 8.35. The van der Waals surface area contributed by atoms with Crippen molar-refractivity contribution < 1.29 is 4.79 Å². The van der Waals surface area contributed by atoms with Crippen LogP contribution in [0.1, 0.15) is 37.9 Å². The summed E-state index contributed by atoms with van der Waals surface area (Å²) in [5.74, 6) is 0.00797. The molecule has 3 aromatic rings. The summed E-state index contributed by atoms with van der Waals surface area (Å²) in [5, 5.41) is 5.28. The highest BCUT2D eigenvalue weighted by molar-refractivity contribution is 7.10. The molecule has 0 atom stereocenters. The van der Waals surface area contributed by atoms with Gasteiger partial charge in [-0.1, -0.05) is 6.07 Å². The molecule has 0 saturated heterocycles. The monoisotopic (exact) mass is 394 g/mol. The quantitative estimate of drug-likeness (QED) is 0.697. The average Bonchev–Trinajstić information content (AvgIpc) is 3.28. The number of thiophene rings is 1. The molecule has 146 valence electrons. The number of aromatic nitrogens is 2. The molecule has 4 rings (SSSR count). The maximum Gasteiger partial charge on any atom is 0.253 e. The minimum Gasteiger partial charge on any atom is -0.351 e. The van der Waals surface area contributed by atoms with Gasteiger partial charge in [-0.3, -0.25) is 14.7 Å². The fourth-order valence-corrected chi connectivity index (χ4v) is 4.74. The molecule has 1 aliphatic heterocycles. The second kappa shape index (κ2) is 8.29. The van der Waals surface area contributed by atoms with E-state index in [2.05, 4.69) is 31.2 Å². The highest BCUT2D eigenvalue weighted by atomic mass is 32.1. The number of nitrogens with one attached hydrogen (secondary N) is 1. The number of nitrogens with zero attached hydrogens (tertiary/aromatic N) is 3. The molecular weight excluding hydrogens is 368 g/mol. The number of hydrogen-bond acceptors (Lipinski definition) is 4. The Bertz CT molecular complexity index is 960. The van der Waals surface area contributed by atoms with E-state index in [4.69, 9.17) is 0 Å². The van der Waals surface area contributed by atoms with Crippen LogP contribution in [0.25, 0.3) is 0 Å². The van der Waals surface area contributed by atoms with Crippen LogP contribution in [0.3, 0.4) is 0 Å². The first-order chi connectivity index (χ1) is 13.6. The van der Waals surface area contributed by atoms with Crippen LogP contribution < -0.4 is 5.32 Å². The number of rotatable bonds is 6. The Kier molecular flexibility index (Phi) is 5.59. The molecule has 0 aliphatic carbocycles. The van der Waals surface area contributed by atoms with E-state index in [1.54, 1.807) is 6.20 Å². The maximum absolute atomic E-state index is 12.7. The van der Waals surface area contributed by atoms with Gasteiger partial charge in [-0.2, -0.15) is 0 Å². The standard InChI is InChI=1S/C22H26N4OS/c1-16-13-20(17(2)26(16)15-19-5-3-4-8-23-19)22(27)24-9-11-25-10-6-21-18(14-25)7-12-28-21/h3-5,7-8,12-13H,6,9-11,14-15H2,1-2H3,(H,24,27). The molecule has 1 aliphatic rings. The third-order valence-electron chi connectivity index (χ3n) is 5.46. The number of carbonyl (C=O) groups excluding carboxylic acids is 1. The smallest absolute Gasteiger partial charge is 0.253 e. The van der Waals surface area contributed by atoms with Crippen LogP contribution in [0.2, 0.25) is 0 Å². The van der Waals surface area contributed by atoms with Crippen LogP contribution in [0, 0.1) is 13.8 Å². The van der Waals surface area contributed by atoms with E-state index < -0.39 is 0 Å². The summed E-state index contributed by atoms with van der Waals surface area (Å²) >= 11 is 1.86. The van der Waals surface area contributed by atoms with Crippen molar-refractivity contribution in [1.82, 2.24) is 19.8 Å². The van der Waals surface area contributed by atoms with E-state index in [9.17, 15) is 4.79 Å². The van der Waals surface area contributed by atoms with Gasteiger partial charge in [0.25, 0.3) is 5.91 Å². The zero-order valence-corrected chi connectivity index (χ0v) is 17.3. The first kappa shape index (κ1) is 18.9. The summed E-state index contributed by atoms with van der Waals surface area (Å²) in [6, 6.07) is 10.1. The molecule has 0 fully saturated rings. The van der Waals surface area contributed by atoms with E-state index in [0.29, 0.717) is 13.1 Å². The fourth-order valence-electron chi connectivity index (χ4n) is 3.85. The number of pyridine rings is 1. The van der Waals surface area contributed by atoms with Gasteiger partial charge >= 0.3 is 0 Å².